The maximum atomic E-state index is 13.1. The second-order valence-electron chi connectivity index (χ2n) is 3.73. The van der Waals surface area contributed by atoms with Crippen molar-refractivity contribution in [2.75, 3.05) is 0 Å². The van der Waals surface area contributed by atoms with Crippen molar-refractivity contribution in [3.05, 3.63) is 71.9 Å². The molecule has 0 saturated carbocycles. The first-order valence-electron chi connectivity index (χ1n) is 5.18. The molecule has 0 saturated heterocycles. The van der Waals surface area contributed by atoms with Crippen molar-refractivity contribution in [2.45, 2.75) is 11.8 Å². The molecule has 0 heterocycles. The summed E-state index contributed by atoms with van der Waals surface area (Å²) in [5, 5.41) is 12.3. The number of alkyl halides is 3. The Morgan fingerprint density at radius 1 is 1.18 bits per heavy atom. The van der Waals surface area contributed by atoms with Gasteiger partial charge in [0.2, 0.25) is 0 Å². The van der Waals surface area contributed by atoms with Gasteiger partial charge in [0.25, 0.3) is 0 Å². The SMILES string of the molecule is [Br-].[Li].[Li].[Mg+2].[O-]C(C1=C=C[CH-]C=C1)(C1=CC=CC=[C+]1)C(F)(F)F. The van der Waals surface area contributed by atoms with Gasteiger partial charge in [-0.2, -0.15) is 31.7 Å². The standard InChI is InChI=1S/C14H8F3O.BrH.2Li.Mg/c15-14(16,17)13(18,11-7-3-1-4-8-11)12-9-5-2-6-10-12;;;;/h1-7,9H;1H;;;/q-1;;;;+2/p-1. The van der Waals surface area contributed by atoms with Crippen LogP contribution in [0.3, 0.4) is 0 Å². The first-order valence-corrected chi connectivity index (χ1v) is 5.18. The molecule has 2 aliphatic carbocycles. The van der Waals surface area contributed by atoms with E-state index >= 15 is 0 Å². The minimum absolute atomic E-state index is 0. The molecule has 1 atom stereocenters. The molecule has 2 radical (unpaired) electrons. The van der Waals surface area contributed by atoms with E-state index in [4.69, 9.17) is 0 Å². The van der Waals surface area contributed by atoms with E-state index in [1.165, 1.54) is 36.8 Å². The average molecular weight is 367 g/mol. The van der Waals surface area contributed by atoms with E-state index in [2.05, 4.69) is 11.8 Å². The number of hydrogen-bond acceptors (Lipinski definition) is 1. The fourth-order valence-electron chi connectivity index (χ4n) is 1.68. The van der Waals surface area contributed by atoms with Crippen LogP contribution in [0, 0.1) is 12.5 Å². The van der Waals surface area contributed by atoms with Gasteiger partial charge in [-0.1, -0.05) is 0 Å². The summed E-state index contributed by atoms with van der Waals surface area (Å²) in [6.07, 6.45) is 8.02. The van der Waals surface area contributed by atoms with Gasteiger partial charge in [-0.3, -0.25) is 5.73 Å². The van der Waals surface area contributed by atoms with Gasteiger partial charge in [0, 0.05) is 55.9 Å². The maximum Gasteiger partial charge on any atom is 2.00 e. The maximum absolute atomic E-state index is 13.1. The monoisotopic (exact) mass is 366 g/mol. The van der Waals surface area contributed by atoms with Crippen molar-refractivity contribution in [1.82, 2.24) is 0 Å². The Morgan fingerprint density at radius 2 is 1.82 bits per heavy atom. The molecule has 0 aromatic carbocycles. The van der Waals surface area contributed by atoms with Crippen LogP contribution in [0.2, 0.25) is 0 Å². The van der Waals surface area contributed by atoms with Gasteiger partial charge in [0.05, 0.1) is 11.7 Å². The van der Waals surface area contributed by atoms with Crippen molar-refractivity contribution in [3.63, 3.8) is 0 Å². The summed E-state index contributed by atoms with van der Waals surface area (Å²) >= 11 is 0. The van der Waals surface area contributed by atoms with E-state index in [-0.39, 0.29) is 77.8 Å². The Bertz CT molecular complexity index is 547. The number of allylic oxidation sites excluding steroid dienone is 5. The normalized spacial score (nSPS) is 16.9. The number of rotatable bonds is 2. The Hall–Kier alpha value is 0.451. The third-order valence-corrected chi connectivity index (χ3v) is 2.58. The van der Waals surface area contributed by atoms with Gasteiger partial charge in [-0.25, -0.2) is 0 Å². The molecule has 0 amide bonds. The fraction of sp³-hybridized carbons (Fsp3) is 0.143. The molecule has 1 nitrogen and oxygen atoms in total. The molecule has 2 rings (SSSR count). The smallest absolute Gasteiger partial charge is 1.00 e. The van der Waals surface area contributed by atoms with Crippen molar-refractivity contribution in [3.8, 4) is 0 Å². The van der Waals surface area contributed by atoms with E-state index in [0.717, 1.165) is 12.2 Å². The van der Waals surface area contributed by atoms with Crippen LogP contribution in [0.5, 0.6) is 0 Å². The number of halogens is 4. The molecule has 0 aliphatic heterocycles. The van der Waals surface area contributed by atoms with Crippen molar-refractivity contribution in [1.29, 1.82) is 0 Å². The third kappa shape index (κ3) is 5.52. The largest absolute Gasteiger partial charge is 2.00 e. The molecule has 0 fully saturated rings. The second-order valence-corrected chi connectivity index (χ2v) is 3.73. The Balaban J connectivity index is -0.000000902. The number of hydrogen-bond donors (Lipinski definition) is 0. The average Bonchev–Trinajstić information content (AvgIpc) is 2.38. The minimum atomic E-state index is -4.96. The summed E-state index contributed by atoms with van der Waals surface area (Å²) in [4.78, 5) is 0. The van der Waals surface area contributed by atoms with Gasteiger partial charge >= 0.3 is 29.2 Å². The van der Waals surface area contributed by atoms with Crippen LogP contribution < -0.4 is 22.1 Å². The van der Waals surface area contributed by atoms with Crippen LogP contribution in [-0.2, 0) is 0 Å². The van der Waals surface area contributed by atoms with E-state index in [1.54, 1.807) is 0 Å². The zero-order valence-corrected chi connectivity index (χ0v) is 15.2. The zero-order valence-electron chi connectivity index (χ0n) is 12.2. The molecule has 0 bridgehead atoms. The quantitative estimate of drug-likeness (QED) is 0.322. The molecule has 2 aliphatic rings. The molecule has 0 N–H and O–H groups in total. The summed E-state index contributed by atoms with van der Waals surface area (Å²) in [5.41, 5.74) is -1.89. The second kappa shape index (κ2) is 11.1. The fourth-order valence-corrected chi connectivity index (χ4v) is 1.68. The van der Waals surface area contributed by atoms with Gasteiger partial charge in [-0.05, 0) is 0 Å². The van der Waals surface area contributed by atoms with Crippen LogP contribution >= 0.6 is 0 Å². The van der Waals surface area contributed by atoms with Crippen LogP contribution in [0.15, 0.2) is 59.4 Å². The molecular formula is C14H8BrF3Li2MgO. The predicted octanol–water partition coefficient (Wildman–Crippen LogP) is -1.78. The molecule has 8 heteroatoms. The van der Waals surface area contributed by atoms with E-state index in [0.29, 0.717) is 0 Å². The molecule has 0 spiro atoms. The third-order valence-electron chi connectivity index (χ3n) is 2.58. The van der Waals surface area contributed by atoms with Crippen LogP contribution in [0.1, 0.15) is 0 Å². The molecule has 22 heavy (non-hydrogen) atoms. The van der Waals surface area contributed by atoms with Gasteiger partial charge < -0.3 is 22.1 Å². The van der Waals surface area contributed by atoms with E-state index in [1.807, 2.05) is 0 Å². The van der Waals surface area contributed by atoms with Gasteiger partial charge in [-0.15, -0.1) is 11.6 Å². The molecule has 0 aromatic rings. The van der Waals surface area contributed by atoms with Gasteiger partial charge in [0.1, 0.15) is 11.6 Å². The minimum Gasteiger partial charge on any atom is -1.00 e. The summed E-state index contributed by atoms with van der Waals surface area (Å²) in [5.74, 6) is 0. The Labute approximate surface area is 178 Å². The van der Waals surface area contributed by atoms with Crippen molar-refractivity contribution < 1.29 is 35.3 Å². The van der Waals surface area contributed by atoms with E-state index in [9.17, 15) is 18.3 Å². The summed E-state index contributed by atoms with van der Waals surface area (Å²) in [6, 6.07) is 0. The summed E-state index contributed by atoms with van der Waals surface area (Å²) < 4.78 is 39.4. The first-order chi connectivity index (χ1) is 8.46. The molecule has 0 aromatic heterocycles. The van der Waals surface area contributed by atoms with E-state index < -0.39 is 22.9 Å². The van der Waals surface area contributed by atoms with Crippen LogP contribution in [0.25, 0.3) is 0 Å². The summed E-state index contributed by atoms with van der Waals surface area (Å²) in [7, 11) is 0. The first kappa shape index (κ1) is 27.3. The van der Waals surface area contributed by atoms with Crippen LogP contribution in [-0.4, -0.2) is 72.6 Å². The topological polar surface area (TPSA) is 23.1 Å². The van der Waals surface area contributed by atoms with Crippen molar-refractivity contribution in [2.24, 2.45) is 0 Å². The van der Waals surface area contributed by atoms with Gasteiger partial charge in [0.15, 0.2) is 0 Å². The Morgan fingerprint density at radius 3 is 2.23 bits per heavy atom. The predicted molar refractivity (Wildman–Crippen MR) is 76.1 cm³/mol. The Kier molecular flexibility index (Phi) is 13.8. The summed E-state index contributed by atoms with van der Waals surface area (Å²) in [6.45, 7) is 0. The molecule has 1 unspecified atom stereocenters. The van der Waals surface area contributed by atoms with Crippen LogP contribution in [0.4, 0.5) is 13.2 Å². The van der Waals surface area contributed by atoms with Crippen molar-refractivity contribution >= 4 is 60.8 Å². The molecular weight excluding hydrogens is 359 g/mol. The zero-order chi connectivity index (χ0) is 13.2. The molecule has 102 valence electrons.